The number of hydrogen-bond acceptors (Lipinski definition) is 8. The van der Waals surface area contributed by atoms with E-state index >= 15 is 0 Å². The molecule has 9 heteroatoms. The van der Waals surface area contributed by atoms with Crippen LogP contribution in [0.15, 0.2) is 48.7 Å². The molecule has 1 aromatic carbocycles. The molecule has 3 rings (SSSR count). The summed E-state index contributed by atoms with van der Waals surface area (Å²) in [5.41, 5.74) is 1.63. The van der Waals surface area contributed by atoms with Gasteiger partial charge >= 0.3 is 0 Å². The molecule has 150 valence electrons. The summed E-state index contributed by atoms with van der Waals surface area (Å²) in [5, 5.41) is 13.9. The van der Waals surface area contributed by atoms with Gasteiger partial charge in [0.05, 0.1) is 33.6 Å². The summed E-state index contributed by atoms with van der Waals surface area (Å²) in [4.78, 5) is 16.4. The molecule has 0 bridgehead atoms. The molecule has 9 nitrogen and oxygen atoms in total. The molecule has 2 aromatic heterocycles. The molecular formula is C20H21N5O4. The predicted molar refractivity (Wildman–Crippen MR) is 107 cm³/mol. The maximum atomic E-state index is 12.2. The van der Waals surface area contributed by atoms with Crippen molar-refractivity contribution >= 4 is 17.4 Å². The van der Waals surface area contributed by atoms with Gasteiger partial charge in [-0.2, -0.15) is 0 Å². The van der Waals surface area contributed by atoms with Crippen molar-refractivity contribution in [3.8, 4) is 17.2 Å². The number of benzene rings is 1. The molecule has 0 aliphatic rings. The normalized spacial score (nSPS) is 10.2. The number of carbonyl (C=O) groups is 1. The third-order valence-electron chi connectivity index (χ3n) is 3.99. The SMILES string of the molecule is COc1cc(Nc2ccc(C(=O)NCc3ccccn3)nn2)cc(OC)c1OC. The summed E-state index contributed by atoms with van der Waals surface area (Å²) >= 11 is 0. The molecule has 1 amide bonds. The van der Waals surface area contributed by atoms with E-state index in [4.69, 9.17) is 14.2 Å². The molecule has 2 N–H and O–H groups in total. The Kier molecular flexibility index (Phi) is 6.41. The van der Waals surface area contributed by atoms with Crippen LogP contribution in [-0.2, 0) is 6.54 Å². The van der Waals surface area contributed by atoms with Crippen molar-refractivity contribution < 1.29 is 19.0 Å². The molecule has 3 aromatic rings. The number of ether oxygens (including phenoxy) is 3. The van der Waals surface area contributed by atoms with E-state index in [0.29, 0.717) is 35.3 Å². The van der Waals surface area contributed by atoms with Crippen molar-refractivity contribution in [3.05, 3.63) is 60.0 Å². The number of nitrogens with one attached hydrogen (secondary N) is 2. The van der Waals surface area contributed by atoms with Gasteiger partial charge < -0.3 is 24.8 Å². The van der Waals surface area contributed by atoms with E-state index in [9.17, 15) is 4.79 Å². The van der Waals surface area contributed by atoms with Gasteiger partial charge in [0.25, 0.3) is 5.91 Å². The van der Waals surface area contributed by atoms with E-state index in [1.54, 1.807) is 44.7 Å². The first-order valence-electron chi connectivity index (χ1n) is 8.73. The van der Waals surface area contributed by atoms with Gasteiger partial charge in [-0.3, -0.25) is 9.78 Å². The Labute approximate surface area is 168 Å². The number of rotatable bonds is 8. The number of anilines is 2. The third-order valence-corrected chi connectivity index (χ3v) is 3.99. The maximum absolute atomic E-state index is 12.2. The van der Waals surface area contributed by atoms with E-state index in [2.05, 4.69) is 25.8 Å². The molecule has 2 heterocycles. The Balaban J connectivity index is 1.68. The summed E-state index contributed by atoms with van der Waals surface area (Å²) in [7, 11) is 4.62. The lowest BCUT2D eigenvalue weighted by Gasteiger charge is -2.14. The lowest BCUT2D eigenvalue weighted by molar-refractivity contribution is 0.0944. The van der Waals surface area contributed by atoms with E-state index in [0.717, 1.165) is 5.69 Å². The number of carbonyl (C=O) groups excluding carboxylic acids is 1. The molecule has 0 saturated heterocycles. The second-order valence-electron chi connectivity index (χ2n) is 5.85. The fraction of sp³-hybridized carbons (Fsp3) is 0.200. The smallest absolute Gasteiger partial charge is 0.272 e. The highest BCUT2D eigenvalue weighted by molar-refractivity contribution is 5.92. The van der Waals surface area contributed by atoms with Gasteiger partial charge in [0.15, 0.2) is 23.0 Å². The molecule has 0 spiro atoms. The third kappa shape index (κ3) is 4.89. The Morgan fingerprint density at radius 2 is 1.72 bits per heavy atom. The van der Waals surface area contributed by atoms with Crippen molar-refractivity contribution in [1.82, 2.24) is 20.5 Å². The fourth-order valence-corrected chi connectivity index (χ4v) is 2.59. The second-order valence-corrected chi connectivity index (χ2v) is 5.85. The lowest BCUT2D eigenvalue weighted by Crippen LogP contribution is -2.24. The van der Waals surface area contributed by atoms with Crippen molar-refractivity contribution in [2.45, 2.75) is 6.54 Å². The van der Waals surface area contributed by atoms with Crippen LogP contribution in [0.5, 0.6) is 17.2 Å². The lowest BCUT2D eigenvalue weighted by atomic mass is 10.2. The van der Waals surface area contributed by atoms with Crippen LogP contribution >= 0.6 is 0 Å². The van der Waals surface area contributed by atoms with Gasteiger partial charge in [0, 0.05) is 24.0 Å². The first kappa shape index (κ1) is 19.9. The molecule has 0 aliphatic carbocycles. The van der Waals surface area contributed by atoms with Crippen LogP contribution in [-0.4, -0.2) is 42.4 Å². The predicted octanol–water partition coefficient (Wildman–Crippen LogP) is 2.57. The standard InChI is InChI=1S/C20H21N5O4/c1-27-16-10-14(11-17(28-2)19(16)29-3)23-18-8-7-15(24-25-18)20(26)22-12-13-6-4-5-9-21-13/h4-11H,12H2,1-3H3,(H,22,26)(H,23,25). The minimum Gasteiger partial charge on any atom is -0.493 e. The second kappa shape index (κ2) is 9.36. The van der Waals surface area contributed by atoms with Crippen molar-refractivity contribution in [2.24, 2.45) is 0 Å². The Morgan fingerprint density at radius 1 is 0.966 bits per heavy atom. The van der Waals surface area contributed by atoms with Gasteiger partial charge in [0.1, 0.15) is 0 Å². The average Bonchev–Trinajstić information content (AvgIpc) is 2.77. The van der Waals surface area contributed by atoms with Crippen LogP contribution in [0.1, 0.15) is 16.2 Å². The first-order chi connectivity index (χ1) is 14.1. The van der Waals surface area contributed by atoms with Crippen LogP contribution < -0.4 is 24.8 Å². The van der Waals surface area contributed by atoms with E-state index < -0.39 is 0 Å². The average molecular weight is 395 g/mol. The van der Waals surface area contributed by atoms with Crippen molar-refractivity contribution in [2.75, 3.05) is 26.6 Å². The Bertz CT molecular complexity index is 939. The molecule has 29 heavy (non-hydrogen) atoms. The summed E-state index contributed by atoms with van der Waals surface area (Å²) in [5.74, 6) is 1.63. The van der Waals surface area contributed by atoms with Crippen LogP contribution in [0.2, 0.25) is 0 Å². The van der Waals surface area contributed by atoms with Crippen LogP contribution in [0.25, 0.3) is 0 Å². The monoisotopic (exact) mass is 395 g/mol. The van der Waals surface area contributed by atoms with E-state index in [-0.39, 0.29) is 11.6 Å². The van der Waals surface area contributed by atoms with Gasteiger partial charge in [-0.1, -0.05) is 6.07 Å². The van der Waals surface area contributed by atoms with Crippen molar-refractivity contribution in [1.29, 1.82) is 0 Å². The highest BCUT2D eigenvalue weighted by atomic mass is 16.5. The van der Waals surface area contributed by atoms with Crippen LogP contribution in [0.3, 0.4) is 0 Å². The summed E-state index contributed by atoms with van der Waals surface area (Å²) in [6.07, 6.45) is 1.67. The zero-order chi connectivity index (χ0) is 20.6. The Morgan fingerprint density at radius 3 is 2.28 bits per heavy atom. The summed E-state index contributed by atoms with van der Waals surface area (Å²) in [6, 6.07) is 12.2. The molecular weight excluding hydrogens is 374 g/mol. The zero-order valence-corrected chi connectivity index (χ0v) is 16.3. The zero-order valence-electron chi connectivity index (χ0n) is 16.3. The summed E-state index contributed by atoms with van der Waals surface area (Å²) < 4.78 is 16.0. The van der Waals surface area contributed by atoms with Gasteiger partial charge in [0.2, 0.25) is 5.75 Å². The molecule has 0 unspecified atom stereocenters. The molecule has 0 saturated carbocycles. The number of pyridine rings is 1. The summed E-state index contributed by atoms with van der Waals surface area (Å²) in [6.45, 7) is 0.312. The number of nitrogens with zero attached hydrogens (tertiary/aromatic N) is 3. The molecule has 0 aliphatic heterocycles. The topological polar surface area (TPSA) is 107 Å². The van der Waals surface area contributed by atoms with Crippen LogP contribution in [0.4, 0.5) is 11.5 Å². The fourth-order valence-electron chi connectivity index (χ4n) is 2.59. The van der Waals surface area contributed by atoms with Crippen molar-refractivity contribution in [3.63, 3.8) is 0 Å². The van der Waals surface area contributed by atoms with Crippen LogP contribution in [0, 0.1) is 0 Å². The minimum absolute atomic E-state index is 0.205. The van der Waals surface area contributed by atoms with E-state index in [1.807, 2.05) is 18.2 Å². The number of hydrogen-bond donors (Lipinski definition) is 2. The molecule has 0 radical (unpaired) electrons. The minimum atomic E-state index is -0.331. The highest BCUT2D eigenvalue weighted by Crippen LogP contribution is 2.40. The number of amides is 1. The maximum Gasteiger partial charge on any atom is 0.272 e. The largest absolute Gasteiger partial charge is 0.493 e. The number of aromatic nitrogens is 3. The molecule has 0 atom stereocenters. The molecule has 0 fully saturated rings. The first-order valence-corrected chi connectivity index (χ1v) is 8.73. The van der Waals surface area contributed by atoms with Gasteiger partial charge in [-0.15, -0.1) is 10.2 Å². The highest BCUT2D eigenvalue weighted by Gasteiger charge is 2.14. The number of methoxy groups -OCH3 is 3. The van der Waals surface area contributed by atoms with Gasteiger partial charge in [-0.25, -0.2) is 0 Å². The van der Waals surface area contributed by atoms with Gasteiger partial charge in [-0.05, 0) is 24.3 Å². The Hall–Kier alpha value is -3.88. The quantitative estimate of drug-likeness (QED) is 0.599. The van der Waals surface area contributed by atoms with E-state index in [1.165, 1.54) is 7.11 Å².